The number of morpholine rings is 1. The van der Waals surface area contributed by atoms with Crippen LogP contribution in [0, 0.1) is 0 Å². The zero-order valence-corrected chi connectivity index (χ0v) is 25.9. The maximum absolute atomic E-state index is 12.2. The number of hydrogen-bond acceptors (Lipinski definition) is 9. The van der Waals surface area contributed by atoms with E-state index < -0.39 is 0 Å². The average Bonchev–Trinajstić information content (AvgIpc) is 3.49. The minimum absolute atomic E-state index is 0.327. The van der Waals surface area contributed by atoms with Crippen LogP contribution in [0.3, 0.4) is 0 Å². The predicted molar refractivity (Wildman–Crippen MR) is 181 cm³/mol. The molecule has 6 rings (SSSR count). The second-order valence-electron chi connectivity index (χ2n) is 11.0. The van der Waals surface area contributed by atoms with Gasteiger partial charge in [-0.15, -0.1) is 0 Å². The first-order valence-corrected chi connectivity index (χ1v) is 15.4. The average molecular weight is 619 g/mol. The van der Waals surface area contributed by atoms with Crippen molar-refractivity contribution in [2.75, 3.05) is 62.0 Å². The molecule has 3 aromatic carbocycles. The summed E-state index contributed by atoms with van der Waals surface area (Å²) in [5, 5.41) is 7.21. The molecule has 236 valence electrons. The first-order valence-electron chi connectivity index (χ1n) is 15.4. The number of anilines is 5. The summed E-state index contributed by atoms with van der Waals surface area (Å²) in [7, 11) is 1.93. The molecule has 0 aliphatic carbocycles. The fourth-order valence-electron chi connectivity index (χ4n) is 5.38. The Bertz CT molecular complexity index is 1790. The van der Waals surface area contributed by atoms with E-state index >= 15 is 0 Å². The van der Waals surface area contributed by atoms with E-state index in [1.54, 1.807) is 6.07 Å². The highest BCUT2D eigenvalue weighted by Gasteiger charge is 2.14. The predicted octanol–water partition coefficient (Wildman–Crippen LogP) is 5.61. The first-order chi connectivity index (χ1) is 22.6. The van der Waals surface area contributed by atoms with Crippen molar-refractivity contribution in [1.82, 2.24) is 24.4 Å². The molecular formula is C35H38N8O3. The van der Waals surface area contributed by atoms with Gasteiger partial charge in [0.1, 0.15) is 12.1 Å². The molecule has 0 saturated carbocycles. The number of rotatable bonds is 13. The molecule has 46 heavy (non-hydrogen) atoms. The third-order valence-electron chi connectivity index (χ3n) is 7.86. The number of amides is 1. The minimum atomic E-state index is -0.327. The van der Waals surface area contributed by atoms with Crippen molar-refractivity contribution in [3.63, 3.8) is 0 Å². The summed E-state index contributed by atoms with van der Waals surface area (Å²) in [4.78, 5) is 29.9. The van der Waals surface area contributed by atoms with Gasteiger partial charge in [0.25, 0.3) is 0 Å². The number of carbonyl (C=O) groups excluding carboxylic acids is 1. The van der Waals surface area contributed by atoms with Crippen molar-refractivity contribution >= 4 is 45.8 Å². The lowest BCUT2D eigenvalue weighted by molar-refractivity contribution is -0.111. The van der Waals surface area contributed by atoms with E-state index in [0.29, 0.717) is 35.6 Å². The molecule has 11 heteroatoms. The normalized spacial score (nSPS) is 13.3. The molecule has 0 atom stereocenters. The second kappa shape index (κ2) is 14.7. The molecule has 11 nitrogen and oxygen atoms in total. The highest BCUT2D eigenvalue weighted by atomic mass is 16.5. The van der Waals surface area contributed by atoms with Gasteiger partial charge in [0, 0.05) is 61.7 Å². The van der Waals surface area contributed by atoms with Crippen LogP contribution in [0.1, 0.15) is 12.0 Å². The Balaban J connectivity index is 1.13. The topological polar surface area (TPSA) is 110 Å². The van der Waals surface area contributed by atoms with E-state index in [-0.39, 0.29) is 5.91 Å². The van der Waals surface area contributed by atoms with Crippen molar-refractivity contribution in [3.05, 3.63) is 104 Å². The van der Waals surface area contributed by atoms with Gasteiger partial charge in [-0.25, -0.2) is 9.97 Å². The van der Waals surface area contributed by atoms with Crippen LogP contribution in [0.25, 0.3) is 10.9 Å². The minimum Gasteiger partial charge on any atom is -0.491 e. The van der Waals surface area contributed by atoms with Gasteiger partial charge in [0.2, 0.25) is 17.8 Å². The van der Waals surface area contributed by atoms with Crippen molar-refractivity contribution in [3.8, 4) is 5.75 Å². The Hall–Kier alpha value is -5.26. The van der Waals surface area contributed by atoms with E-state index in [1.807, 2.05) is 30.1 Å². The zero-order valence-electron chi connectivity index (χ0n) is 25.9. The maximum atomic E-state index is 12.2. The molecule has 3 heterocycles. The van der Waals surface area contributed by atoms with Crippen LogP contribution >= 0.6 is 0 Å². The summed E-state index contributed by atoms with van der Waals surface area (Å²) in [6.07, 6.45) is 5.68. The van der Waals surface area contributed by atoms with Gasteiger partial charge in [-0.3, -0.25) is 9.69 Å². The van der Waals surface area contributed by atoms with Gasteiger partial charge in [0.15, 0.2) is 0 Å². The van der Waals surface area contributed by atoms with Crippen molar-refractivity contribution in [2.24, 2.45) is 0 Å². The lowest BCUT2D eigenvalue weighted by Gasteiger charge is -2.26. The molecule has 1 fully saturated rings. The van der Waals surface area contributed by atoms with Crippen molar-refractivity contribution < 1.29 is 14.3 Å². The van der Waals surface area contributed by atoms with Crippen LogP contribution in [-0.4, -0.2) is 76.8 Å². The third-order valence-corrected chi connectivity index (χ3v) is 7.86. The van der Waals surface area contributed by atoms with Crippen LogP contribution in [0.5, 0.6) is 5.75 Å². The van der Waals surface area contributed by atoms with Crippen molar-refractivity contribution in [1.29, 1.82) is 0 Å². The molecular weight excluding hydrogens is 580 g/mol. The number of nitrogens with zero attached hydrogens (tertiary/aromatic N) is 6. The number of fused-ring (bicyclic) bond motifs is 1. The van der Waals surface area contributed by atoms with Gasteiger partial charge in [-0.1, -0.05) is 36.9 Å². The van der Waals surface area contributed by atoms with E-state index in [9.17, 15) is 4.79 Å². The number of aromatic nitrogens is 4. The van der Waals surface area contributed by atoms with Crippen LogP contribution in [-0.2, 0) is 16.1 Å². The standard InChI is InChI=1S/C35H38N8O3/c1-3-33(44)39-30-23-28(10-13-32(30)46-19-7-15-42-17-20-45-21-18-42)38-34-36-25-37-35(40-34)41(2)29-11-12-31-27(22-29)14-16-43(31)24-26-8-5-4-6-9-26/h3-6,8-14,16,22-23,25H,1,7,15,17-21,24H2,2H3,(H,39,44)(H,36,37,38,40). The van der Waals surface area contributed by atoms with Crippen LogP contribution in [0.4, 0.5) is 29.0 Å². The van der Waals surface area contributed by atoms with E-state index in [2.05, 4.69) is 96.4 Å². The second-order valence-corrected chi connectivity index (χ2v) is 11.0. The lowest BCUT2D eigenvalue weighted by atomic mass is 10.2. The summed E-state index contributed by atoms with van der Waals surface area (Å²) in [5.74, 6) is 1.10. The summed E-state index contributed by atoms with van der Waals surface area (Å²) in [6.45, 7) is 9.25. The van der Waals surface area contributed by atoms with Crippen molar-refractivity contribution in [2.45, 2.75) is 13.0 Å². The number of nitrogens with one attached hydrogen (secondary N) is 2. The van der Waals surface area contributed by atoms with E-state index in [4.69, 9.17) is 9.47 Å². The van der Waals surface area contributed by atoms with Gasteiger partial charge < -0.3 is 29.6 Å². The monoisotopic (exact) mass is 618 g/mol. The molecule has 2 N–H and O–H groups in total. The third kappa shape index (κ3) is 7.68. The molecule has 0 bridgehead atoms. The molecule has 0 unspecified atom stereocenters. The maximum Gasteiger partial charge on any atom is 0.247 e. The Morgan fingerprint density at radius 3 is 2.74 bits per heavy atom. The molecule has 0 spiro atoms. The number of hydrogen-bond donors (Lipinski definition) is 2. The Morgan fingerprint density at radius 2 is 1.91 bits per heavy atom. The van der Waals surface area contributed by atoms with Gasteiger partial charge in [-0.2, -0.15) is 4.98 Å². The van der Waals surface area contributed by atoms with Crippen LogP contribution in [0.15, 0.2) is 98.0 Å². The molecule has 5 aromatic rings. The fourth-order valence-corrected chi connectivity index (χ4v) is 5.38. The summed E-state index contributed by atoms with van der Waals surface area (Å²) in [6, 6.07) is 24.3. The SMILES string of the molecule is C=CC(=O)Nc1cc(Nc2ncnc(N(C)c3ccc4c(ccn4Cc4ccccc4)c3)n2)ccc1OCCCN1CCOCC1. The number of ether oxygens (including phenoxy) is 2. The van der Waals surface area contributed by atoms with Crippen LogP contribution < -0.4 is 20.3 Å². The lowest BCUT2D eigenvalue weighted by Crippen LogP contribution is -2.37. The first kappa shape index (κ1) is 30.8. The largest absolute Gasteiger partial charge is 0.491 e. The summed E-state index contributed by atoms with van der Waals surface area (Å²) in [5.41, 5.74) is 4.57. The van der Waals surface area contributed by atoms with E-state index in [0.717, 1.165) is 62.4 Å². The highest BCUT2D eigenvalue weighted by molar-refractivity contribution is 6.00. The van der Waals surface area contributed by atoms with Gasteiger partial charge >= 0.3 is 0 Å². The van der Waals surface area contributed by atoms with Crippen LogP contribution in [0.2, 0.25) is 0 Å². The summed E-state index contributed by atoms with van der Waals surface area (Å²) >= 11 is 0. The number of benzene rings is 3. The molecule has 0 radical (unpaired) electrons. The smallest absolute Gasteiger partial charge is 0.247 e. The fraction of sp³-hybridized carbons (Fsp3) is 0.257. The highest BCUT2D eigenvalue weighted by Crippen LogP contribution is 2.31. The van der Waals surface area contributed by atoms with Gasteiger partial charge in [-0.05, 0) is 60.5 Å². The van der Waals surface area contributed by atoms with Gasteiger partial charge in [0.05, 0.1) is 25.5 Å². The Kier molecular flexibility index (Phi) is 9.81. The molecule has 1 aliphatic rings. The number of carbonyl (C=O) groups is 1. The quantitative estimate of drug-likeness (QED) is 0.129. The van der Waals surface area contributed by atoms with E-state index in [1.165, 1.54) is 18.0 Å². The Morgan fingerprint density at radius 1 is 1.07 bits per heavy atom. The molecule has 1 amide bonds. The summed E-state index contributed by atoms with van der Waals surface area (Å²) < 4.78 is 13.7. The zero-order chi connectivity index (χ0) is 31.7. The molecule has 1 aliphatic heterocycles. The Labute approximate surface area is 268 Å². The molecule has 1 saturated heterocycles. The molecule has 2 aromatic heterocycles.